The minimum absolute atomic E-state index is 0.0155. The minimum Gasteiger partial charge on any atom is -0.493 e. The number of ether oxygens (including phenoxy) is 3. The second-order valence-corrected chi connectivity index (χ2v) is 8.59. The largest absolute Gasteiger partial charge is 0.493 e. The van der Waals surface area contributed by atoms with Crippen molar-refractivity contribution in [3.8, 4) is 5.75 Å². The van der Waals surface area contributed by atoms with E-state index < -0.39 is 11.4 Å². The highest BCUT2D eigenvalue weighted by atomic mass is 32.2. The summed E-state index contributed by atoms with van der Waals surface area (Å²) < 4.78 is 31.0. The zero-order chi connectivity index (χ0) is 19.3. The number of halogens is 1. The number of hydrogen-bond donors (Lipinski definition) is 1. The van der Waals surface area contributed by atoms with Crippen LogP contribution >= 0.6 is 11.8 Å². The molecule has 4 rings (SSSR count). The van der Waals surface area contributed by atoms with Gasteiger partial charge in [0.1, 0.15) is 22.8 Å². The van der Waals surface area contributed by atoms with Crippen molar-refractivity contribution in [3.63, 3.8) is 0 Å². The highest BCUT2D eigenvalue weighted by Crippen LogP contribution is 2.26. The summed E-state index contributed by atoms with van der Waals surface area (Å²) in [5, 5.41) is 0.485. The fourth-order valence-electron chi connectivity index (χ4n) is 3.57. The molecule has 2 fully saturated rings. The number of thioether (sulfide) groups is 1. The lowest BCUT2D eigenvalue weighted by Gasteiger charge is -2.22. The maximum absolute atomic E-state index is 14.5. The Bertz CT molecular complexity index is 858. The van der Waals surface area contributed by atoms with Crippen LogP contribution in [0.15, 0.2) is 16.9 Å². The molecular formula is C20H25FN2O4S. The molecule has 2 aliphatic rings. The number of aromatic nitrogens is 2. The van der Waals surface area contributed by atoms with Gasteiger partial charge in [0, 0.05) is 43.8 Å². The lowest BCUT2D eigenvalue weighted by molar-refractivity contribution is 0.0497. The minimum atomic E-state index is -0.600. The van der Waals surface area contributed by atoms with E-state index >= 15 is 0 Å². The number of rotatable bonds is 6. The number of H-pyrrole nitrogens is 1. The molecule has 0 bridgehead atoms. The third kappa shape index (κ3) is 4.85. The standard InChI is InChI=1S/C20H25FN2O4S/c21-16-9-14(27-11-13-1-5-25-6-2-13)10-17-19(16)20(24)23-18(22-17)12-28-15-3-7-26-8-4-15/h9-10,13,15H,1-8,11-12H2,(H,22,23,24). The van der Waals surface area contributed by atoms with Gasteiger partial charge in [-0.2, -0.15) is 11.8 Å². The van der Waals surface area contributed by atoms with E-state index in [1.54, 1.807) is 17.8 Å². The van der Waals surface area contributed by atoms with Crippen LogP contribution in [0, 0.1) is 11.7 Å². The monoisotopic (exact) mass is 408 g/mol. The first kappa shape index (κ1) is 19.7. The van der Waals surface area contributed by atoms with E-state index in [9.17, 15) is 9.18 Å². The van der Waals surface area contributed by atoms with Crippen LogP contribution in [0.5, 0.6) is 5.75 Å². The Morgan fingerprint density at radius 1 is 1.14 bits per heavy atom. The van der Waals surface area contributed by atoms with Crippen molar-refractivity contribution in [2.24, 2.45) is 5.92 Å². The lowest BCUT2D eigenvalue weighted by Crippen LogP contribution is -2.21. The van der Waals surface area contributed by atoms with E-state index in [0.29, 0.717) is 40.6 Å². The van der Waals surface area contributed by atoms with Crippen LogP contribution in [0.2, 0.25) is 0 Å². The first-order valence-corrected chi connectivity index (χ1v) is 10.9. The van der Waals surface area contributed by atoms with Gasteiger partial charge in [-0.1, -0.05) is 0 Å². The van der Waals surface area contributed by atoms with E-state index in [1.165, 1.54) is 6.07 Å². The average molecular weight is 408 g/mol. The quantitative estimate of drug-likeness (QED) is 0.791. The number of nitrogens with zero attached hydrogens (tertiary/aromatic N) is 1. The molecule has 2 aromatic rings. The lowest BCUT2D eigenvalue weighted by atomic mass is 10.0. The number of hydrogen-bond acceptors (Lipinski definition) is 6. The molecule has 2 aliphatic heterocycles. The first-order valence-electron chi connectivity index (χ1n) is 9.81. The Morgan fingerprint density at radius 2 is 1.86 bits per heavy atom. The van der Waals surface area contributed by atoms with Crippen molar-refractivity contribution in [2.75, 3.05) is 33.0 Å². The summed E-state index contributed by atoms with van der Waals surface area (Å²) in [5.74, 6) is 1.38. The molecule has 3 heterocycles. The molecule has 2 saturated heterocycles. The molecule has 6 nitrogen and oxygen atoms in total. The number of benzene rings is 1. The highest BCUT2D eigenvalue weighted by molar-refractivity contribution is 7.99. The van der Waals surface area contributed by atoms with Crippen LogP contribution < -0.4 is 10.3 Å². The van der Waals surface area contributed by atoms with Crippen molar-refractivity contribution in [1.82, 2.24) is 9.97 Å². The number of nitrogens with one attached hydrogen (secondary N) is 1. The summed E-state index contributed by atoms with van der Waals surface area (Å²) in [6.07, 6.45) is 3.89. The Hall–Kier alpha value is -1.64. The van der Waals surface area contributed by atoms with Gasteiger partial charge in [-0.25, -0.2) is 9.37 Å². The summed E-state index contributed by atoms with van der Waals surface area (Å²) in [6.45, 7) is 3.55. The maximum atomic E-state index is 14.5. The molecule has 0 spiro atoms. The van der Waals surface area contributed by atoms with Crippen LogP contribution in [-0.2, 0) is 15.2 Å². The third-order valence-electron chi connectivity index (χ3n) is 5.23. The summed E-state index contributed by atoms with van der Waals surface area (Å²) in [4.78, 5) is 19.6. The number of fused-ring (bicyclic) bond motifs is 1. The van der Waals surface area contributed by atoms with Gasteiger partial charge in [-0.15, -0.1) is 0 Å². The first-order chi connectivity index (χ1) is 13.7. The molecule has 1 N–H and O–H groups in total. The summed E-state index contributed by atoms with van der Waals surface area (Å²) >= 11 is 1.76. The van der Waals surface area contributed by atoms with Gasteiger partial charge < -0.3 is 19.2 Å². The van der Waals surface area contributed by atoms with Crippen LogP contribution in [0.3, 0.4) is 0 Å². The van der Waals surface area contributed by atoms with Gasteiger partial charge in [0.25, 0.3) is 5.56 Å². The van der Waals surface area contributed by atoms with Gasteiger partial charge in [-0.05, 0) is 31.6 Å². The van der Waals surface area contributed by atoms with E-state index in [1.807, 2.05) is 0 Å². The molecule has 0 unspecified atom stereocenters. The van der Waals surface area contributed by atoms with Crippen molar-refractivity contribution in [2.45, 2.75) is 36.7 Å². The van der Waals surface area contributed by atoms with Crippen LogP contribution in [0.1, 0.15) is 31.5 Å². The molecule has 0 aliphatic carbocycles. The second-order valence-electron chi connectivity index (χ2n) is 7.30. The molecule has 1 aromatic carbocycles. The van der Waals surface area contributed by atoms with Gasteiger partial charge >= 0.3 is 0 Å². The van der Waals surface area contributed by atoms with Crippen molar-refractivity contribution in [3.05, 3.63) is 34.1 Å². The van der Waals surface area contributed by atoms with Crippen LogP contribution in [0.4, 0.5) is 4.39 Å². The second kappa shape index (κ2) is 9.24. The van der Waals surface area contributed by atoms with E-state index in [2.05, 4.69) is 9.97 Å². The Kier molecular flexibility index (Phi) is 6.49. The maximum Gasteiger partial charge on any atom is 0.261 e. The zero-order valence-electron chi connectivity index (χ0n) is 15.7. The van der Waals surface area contributed by atoms with Gasteiger partial charge in [0.15, 0.2) is 0 Å². The molecule has 1 aromatic heterocycles. The van der Waals surface area contributed by atoms with Crippen LogP contribution in [-0.4, -0.2) is 48.3 Å². The normalized spacial score (nSPS) is 19.2. The topological polar surface area (TPSA) is 73.4 Å². The Balaban J connectivity index is 1.48. The summed E-state index contributed by atoms with van der Waals surface area (Å²) in [5.41, 5.74) is -0.102. The van der Waals surface area contributed by atoms with Gasteiger partial charge in [0.2, 0.25) is 0 Å². The molecule has 8 heteroatoms. The van der Waals surface area contributed by atoms with Gasteiger partial charge in [-0.3, -0.25) is 4.79 Å². The Labute approximate surface area is 167 Å². The predicted octanol–water partition coefficient (Wildman–Crippen LogP) is 3.28. The number of aromatic amines is 1. The molecule has 0 saturated carbocycles. The molecule has 28 heavy (non-hydrogen) atoms. The highest BCUT2D eigenvalue weighted by Gasteiger charge is 2.18. The fraction of sp³-hybridized carbons (Fsp3) is 0.600. The molecule has 0 atom stereocenters. The Morgan fingerprint density at radius 3 is 2.61 bits per heavy atom. The van der Waals surface area contributed by atoms with E-state index in [4.69, 9.17) is 14.2 Å². The molecular weight excluding hydrogens is 383 g/mol. The zero-order valence-corrected chi connectivity index (χ0v) is 16.6. The van der Waals surface area contributed by atoms with Crippen molar-refractivity contribution < 1.29 is 18.6 Å². The van der Waals surface area contributed by atoms with Crippen molar-refractivity contribution in [1.29, 1.82) is 0 Å². The van der Waals surface area contributed by atoms with E-state index in [-0.39, 0.29) is 5.39 Å². The SMILES string of the molecule is O=c1[nH]c(CSC2CCOCC2)nc2cc(OCC3CCOCC3)cc(F)c12. The van der Waals surface area contributed by atoms with Crippen LogP contribution in [0.25, 0.3) is 10.9 Å². The average Bonchev–Trinajstić information content (AvgIpc) is 2.72. The van der Waals surface area contributed by atoms with Crippen molar-refractivity contribution >= 4 is 22.7 Å². The summed E-state index contributed by atoms with van der Waals surface area (Å²) in [6, 6.07) is 2.94. The molecule has 0 radical (unpaired) electrons. The third-order valence-corrected chi connectivity index (χ3v) is 6.62. The summed E-state index contributed by atoms with van der Waals surface area (Å²) in [7, 11) is 0. The molecule has 152 valence electrons. The fourth-order valence-corrected chi connectivity index (χ4v) is 4.62. The smallest absolute Gasteiger partial charge is 0.261 e. The van der Waals surface area contributed by atoms with Gasteiger partial charge in [0.05, 0.1) is 17.9 Å². The molecule has 0 amide bonds. The van der Waals surface area contributed by atoms with E-state index in [0.717, 1.165) is 52.1 Å². The predicted molar refractivity (Wildman–Crippen MR) is 106 cm³/mol.